The number of hydrogen-bond acceptors (Lipinski definition) is 7. The second kappa shape index (κ2) is 9.78. The molecule has 3 unspecified atom stereocenters. The van der Waals surface area contributed by atoms with Crippen LogP contribution < -0.4 is 5.73 Å². The zero-order chi connectivity index (χ0) is 22.7. The van der Waals surface area contributed by atoms with Gasteiger partial charge in [-0.3, -0.25) is 20.0 Å². The van der Waals surface area contributed by atoms with Crippen molar-refractivity contribution in [2.45, 2.75) is 58.3 Å². The summed E-state index contributed by atoms with van der Waals surface area (Å²) in [5.74, 6) is -1.05. The van der Waals surface area contributed by atoms with Crippen molar-refractivity contribution < 1.29 is 20.1 Å². The molecule has 9 nitrogen and oxygen atoms in total. The fourth-order valence-electron chi connectivity index (χ4n) is 4.38. The lowest BCUT2D eigenvalue weighted by Crippen LogP contribution is -2.60. The number of carbonyl (C=O) groups excluding carboxylic acids is 1. The molecule has 3 atom stereocenters. The second-order valence-corrected chi connectivity index (χ2v) is 8.25. The van der Waals surface area contributed by atoms with Crippen molar-refractivity contribution in [3.8, 4) is 0 Å². The molecule has 6 N–H and O–H groups in total. The predicted octanol–water partition coefficient (Wildman–Crippen LogP) is 0.856. The summed E-state index contributed by atoms with van der Waals surface area (Å²) in [7, 11) is 0. The van der Waals surface area contributed by atoms with Gasteiger partial charge in [0.2, 0.25) is 6.35 Å². The minimum atomic E-state index is -1.30. The van der Waals surface area contributed by atoms with Crippen LogP contribution in [0.3, 0.4) is 0 Å². The fraction of sp³-hybridized carbons (Fsp3) is 0.545. The maximum absolute atomic E-state index is 13.0. The standard InChI is InChI=1S/C22H33N5O4/c1-3-26-21(30)18(17(28)13-25-10-5-4-9-16(25)20(24)29)19(23)27(22(26)31)12-15-8-6-7-14(2)11-15/h6-8,11,16,20,22-23,28-29,31H,3-5,9-10,12-13,24H2,1-2H3/b18-17-,23-19?. The van der Waals surface area contributed by atoms with Gasteiger partial charge in [-0.15, -0.1) is 0 Å². The molecule has 170 valence electrons. The molecule has 0 saturated carbocycles. The van der Waals surface area contributed by atoms with Gasteiger partial charge < -0.3 is 26.0 Å². The first-order chi connectivity index (χ1) is 14.7. The number of aliphatic hydroxyl groups is 3. The van der Waals surface area contributed by atoms with Crippen LogP contribution in [-0.4, -0.2) is 80.0 Å². The Morgan fingerprint density at radius 2 is 2.06 bits per heavy atom. The van der Waals surface area contributed by atoms with Gasteiger partial charge in [0.1, 0.15) is 23.4 Å². The molecule has 2 fully saturated rings. The Hall–Kier alpha value is -2.46. The van der Waals surface area contributed by atoms with Crippen LogP contribution in [0.2, 0.25) is 0 Å². The van der Waals surface area contributed by atoms with Crippen LogP contribution in [0.25, 0.3) is 0 Å². The third kappa shape index (κ3) is 4.90. The zero-order valence-electron chi connectivity index (χ0n) is 18.2. The number of amides is 1. The topological polar surface area (TPSA) is 137 Å². The van der Waals surface area contributed by atoms with E-state index in [0.29, 0.717) is 13.0 Å². The van der Waals surface area contributed by atoms with E-state index in [4.69, 9.17) is 11.1 Å². The quantitative estimate of drug-likeness (QED) is 0.256. The number of benzene rings is 1. The number of carbonyl (C=O) groups is 1. The molecular weight excluding hydrogens is 398 g/mol. The smallest absolute Gasteiger partial charge is 0.264 e. The van der Waals surface area contributed by atoms with Gasteiger partial charge in [0, 0.05) is 19.1 Å². The Labute approximate surface area is 182 Å². The van der Waals surface area contributed by atoms with Crippen molar-refractivity contribution in [2.75, 3.05) is 19.6 Å². The van der Waals surface area contributed by atoms with Crippen molar-refractivity contribution in [3.05, 3.63) is 46.7 Å². The van der Waals surface area contributed by atoms with Crippen molar-refractivity contribution in [1.82, 2.24) is 14.7 Å². The minimum Gasteiger partial charge on any atom is -0.510 e. The molecule has 1 aromatic rings. The average Bonchev–Trinajstić information content (AvgIpc) is 2.72. The molecule has 0 radical (unpaired) electrons. The number of aliphatic hydroxyl groups excluding tert-OH is 3. The van der Waals surface area contributed by atoms with E-state index in [9.17, 15) is 20.1 Å². The summed E-state index contributed by atoms with van der Waals surface area (Å²) in [6, 6.07) is 7.39. The van der Waals surface area contributed by atoms with E-state index < -0.39 is 18.5 Å². The van der Waals surface area contributed by atoms with Crippen molar-refractivity contribution in [1.29, 1.82) is 5.41 Å². The van der Waals surface area contributed by atoms with E-state index in [1.807, 2.05) is 36.1 Å². The molecule has 2 heterocycles. The molecule has 3 rings (SSSR count). The molecule has 1 amide bonds. The Morgan fingerprint density at radius 1 is 1.32 bits per heavy atom. The first-order valence-electron chi connectivity index (χ1n) is 10.7. The molecule has 1 aromatic carbocycles. The van der Waals surface area contributed by atoms with Crippen LogP contribution in [0.4, 0.5) is 0 Å². The number of piperidine rings is 1. The zero-order valence-corrected chi connectivity index (χ0v) is 18.2. The highest BCUT2D eigenvalue weighted by atomic mass is 16.3. The Balaban J connectivity index is 1.91. The highest BCUT2D eigenvalue weighted by Crippen LogP contribution is 2.26. The van der Waals surface area contributed by atoms with Gasteiger partial charge in [0.15, 0.2) is 0 Å². The number of aryl methyl sites for hydroxylation is 1. The predicted molar refractivity (Wildman–Crippen MR) is 117 cm³/mol. The van der Waals surface area contributed by atoms with Crippen molar-refractivity contribution >= 4 is 11.7 Å². The molecule has 9 heteroatoms. The SMILES string of the molecule is CCN1C(=O)/C(=C(\O)CN2CCCCC2C(N)O)C(=N)N(Cc2cccc(C)c2)C1O. The molecule has 0 aliphatic carbocycles. The lowest BCUT2D eigenvalue weighted by Gasteiger charge is -2.43. The number of rotatable bonds is 6. The van der Waals surface area contributed by atoms with Gasteiger partial charge in [-0.1, -0.05) is 36.2 Å². The first-order valence-corrected chi connectivity index (χ1v) is 10.7. The largest absolute Gasteiger partial charge is 0.510 e. The van der Waals surface area contributed by atoms with E-state index in [1.54, 1.807) is 6.92 Å². The summed E-state index contributed by atoms with van der Waals surface area (Å²) < 4.78 is 0. The van der Waals surface area contributed by atoms with Crippen molar-refractivity contribution in [2.24, 2.45) is 5.73 Å². The number of amidine groups is 1. The van der Waals surface area contributed by atoms with Gasteiger partial charge in [-0.25, -0.2) is 0 Å². The summed E-state index contributed by atoms with van der Waals surface area (Å²) in [6.07, 6.45) is 0.185. The van der Waals surface area contributed by atoms with Gasteiger partial charge in [0.25, 0.3) is 5.91 Å². The molecule has 2 aliphatic rings. The molecule has 0 aromatic heterocycles. The third-order valence-electron chi connectivity index (χ3n) is 6.03. The Morgan fingerprint density at radius 3 is 2.71 bits per heavy atom. The summed E-state index contributed by atoms with van der Waals surface area (Å²) >= 11 is 0. The fourth-order valence-corrected chi connectivity index (χ4v) is 4.38. The van der Waals surface area contributed by atoms with Crippen LogP contribution in [0.5, 0.6) is 0 Å². The van der Waals surface area contributed by atoms with Gasteiger partial charge in [-0.05, 0) is 38.8 Å². The number of hydrogen-bond donors (Lipinski definition) is 5. The lowest BCUT2D eigenvalue weighted by molar-refractivity contribution is -0.151. The van der Waals surface area contributed by atoms with Gasteiger partial charge in [0.05, 0.1) is 6.54 Å². The molecule has 2 saturated heterocycles. The average molecular weight is 432 g/mol. The minimum absolute atomic E-state index is 0.00825. The highest BCUT2D eigenvalue weighted by molar-refractivity contribution is 6.21. The third-order valence-corrected chi connectivity index (χ3v) is 6.03. The monoisotopic (exact) mass is 431 g/mol. The van der Waals surface area contributed by atoms with E-state index in [1.165, 1.54) is 9.80 Å². The number of nitrogens with zero attached hydrogens (tertiary/aromatic N) is 3. The molecule has 0 bridgehead atoms. The summed E-state index contributed by atoms with van der Waals surface area (Å²) in [5.41, 5.74) is 7.51. The number of nitrogens with two attached hydrogens (primary N) is 1. The highest BCUT2D eigenvalue weighted by Gasteiger charge is 2.41. The van der Waals surface area contributed by atoms with E-state index in [0.717, 1.165) is 24.0 Å². The first kappa shape index (κ1) is 23.2. The maximum Gasteiger partial charge on any atom is 0.264 e. The van der Waals surface area contributed by atoms with Crippen LogP contribution in [0.15, 0.2) is 35.6 Å². The van der Waals surface area contributed by atoms with Gasteiger partial charge in [-0.2, -0.15) is 0 Å². The van der Waals surface area contributed by atoms with Crippen molar-refractivity contribution in [3.63, 3.8) is 0 Å². The maximum atomic E-state index is 13.0. The normalized spacial score (nSPS) is 25.7. The molecule has 0 spiro atoms. The Kier molecular flexibility index (Phi) is 7.32. The number of nitrogens with one attached hydrogen (secondary N) is 1. The van der Waals surface area contributed by atoms with E-state index in [-0.39, 0.29) is 42.8 Å². The Bertz CT molecular complexity index is 856. The second-order valence-electron chi connectivity index (χ2n) is 8.25. The van der Waals surface area contributed by atoms with Crippen LogP contribution >= 0.6 is 0 Å². The molecule has 2 aliphatic heterocycles. The molecule has 31 heavy (non-hydrogen) atoms. The summed E-state index contributed by atoms with van der Waals surface area (Å²) in [4.78, 5) is 17.5. The lowest BCUT2D eigenvalue weighted by atomic mass is 10.00. The number of likely N-dealkylation sites (N-methyl/N-ethyl adjacent to an activating group) is 1. The van der Waals surface area contributed by atoms with Crippen LogP contribution in [-0.2, 0) is 11.3 Å². The summed E-state index contributed by atoms with van der Waals surface area (Å²) in [5, 5.41) is 40.2. The van der Waals surface area contributed by atoms with Crippen LogP contribution in [0.1, 0.15) is 37.3 Å². The van der Waals surface area contributed by atoms with Gasteiger partial charge >= 0.3 is 0 Å². The number of likely N-dealkylation sites (tertiary alicyclic amines) is 1. The van der Waals surface area contributed by atoms with E-state index >= 15 is 0 Å². The molecular formula is C22H33N5O4. The summed E-state index contributed by atoms with van der Waals surface area (Å²) in [6.45, 7) is 4.78. The van der Waals surface area contributed by atoms with E-state index in [2.05, 4.69) is 0 Å². The van der Waals surface area contributed by atoms with Crippen LogP contribution in [0, 0.1) is 12.3 Å².